The second-order valence-electron chi connectivity index (χ2n) is 7.78. The number of aliphatic hydroxyl groups excluding tert-OH is 1. The maximum atomic E-state index is 13.3. The van der Waals surface area contributed by atoms with Crippen LogP contribution in [-0.4, -0.2) is 45.6 Å². The molecular formula is C23H23ClFN3O3. The first kappa shape index (κ1) is 21.3. The zero-order valence-corrected chi connectivity index (χ0v) is 17.5. The average molecular weight is 444 g/mol. The van der Waals surface area contributed by atoms with E-state index in [1.165, 1.54) is 17.0 Å². The molecule has 3 N–H and O–H groups in total. The fraction of sp³-hybridized carbons (Fsp3) is 0.304. The summed E-state index contributed by atoms with van der Waals surface area (Å²) in [5, 5.41) is 14.4. The summed E-state index contributed by atoms with van der Waals surface area (Å²) in [5.74, 6) is -1.18. The predicted octanol–water partition coefficient (Wildman–Crippen LogP) is 3.63. The van der Waals surface area contributed by atoms with Crippen molar-refractivity contribution < 1.29 is 19.1 Å². The van der Waals surface area contributed by atoms with Crippen LogP contribution in [0.15, 0.2) is 48.5 Å². The molecule has 2 heterocycles. The number of hydrogen-bond acceptors (Lipinski definition) is 3. The number of nitrogens with one attached hydrogen (secondary N) is 2. The fourth-order valence-electron chi connectivity index (χ4n) is 3.89. The molecule has 1 aliphatic rings. The molecule has 2 atom stereocenters. The van der Waals surface area contributed by atoms with Gasteiger partial charge in [0.05, 0.1) is 0 Å². The summed E-state index contributed by atoms with van der Waals surface area (Å²) in [6, 6.07) is 11.8. The second-order valence-corrected chi connectivity index (χ2v) is 8.22. The van der Waals surface area contributed by atoms with Crippen LogP contribution in [0.1, 0.15) is 35.3 Å². The number of halogens is 2. The number of aromatic amines is 1. The van der Waals surface area contributed by atoms with Gasteiger partial charge in [0.1, 0.15) is 23.8 Å². The number of hydrogen-bond donors (Lipinski definition) is 3. The molecule has 0 bridgehead atoms. The van der Waals surface area contributed by atoms with Crippen molar-refractivity contribution in [2.75, 3.05) is 6.54 Å². The molecule has 1 aliphatic heterocycles. The lowest BCUT2D eigenvalue weighted by Gasteiger charge is -2.35. The normalized spacial score (nSPS) is 17.5. The maximum absolute atomic E-state index is 13.3. The first-order valence-corrected chi connectivity index (χ1v) is 10.6. The third kappa shape index (κ3) is 4.89. The number of carbonyl (C=O) groups excluding carboxylic acids is 2. The van der Waals surface area contributed by atoms with Gasteiger partial charge in [0.25, 0.3) is 5.91 Å². The molecule has 162 valence electrons. The number of benzene rings is 2. The van der Waals surface area contributed by atoms with E-state index in [1.54, 1.807) is 36.4 Å². The van der Waals surface area contributed by atoms with Crippen molar-refractivity contribution in [3.8, 4) is 0 Å². The van der Waals surface area contributed by atoms with Crippen LogP contribution in [-0.2, 0) is 11.2 Å². The third-order valence-corrected chi connectivity index (χ3v) is 5.77. The Morgan fingerprint density at radius 1 is 1.19 bits per heavy atom. The van der Waals surface area contributed by atoms with E-state index in [4.69, 9.17) is 11.6 Å². The van der Waals surface area contributed by atoms with Crippen LogP contribution in [0.3, 0.4) is 0 Å². The maximum Gasteiger partial charge on any atom is 0.268 e. The number of aliphatic hydroxyl groups is 1. The van der Waals surface area contributed by atoms with Crippen molar-refractivity contribution >= 4 is 34.3 Å². The highest BCUT2D eigenvalue weighted by Crippen LogP contribution is 2.21. The van der Waals surface area contributed by atoms with E-state index in [0.29, 0.717) is 29.2 Å². The molecule has 8 heteroatoms. The summed E-state index contributed by atoms with van der Waals surface area (Å²) in [6.45, 7) is 0.431. The van der Waals surface area contributed by atoms with Crippen molar-refractivity contribution in [2.45, 2.75) is 38.0 Å². The highest BCUT2D eigenvalue weighted by atomic mass is 35.5. The summed E-state index contributed by atoms with van der Waals surface area (Å²) in [6.07, 6.45) is 1.45. The van der Waals surface area contributed by atoms with Gasteiger partial charge in [-0.05, 0) is 61.2 Å². The number of amides is 2. The van der Waals surface area contributed by atoms with Crippen molar-refractivity contribution in [3.63, 3.8) is 0 Å². The van der Waals surface area contributed by atoms with E-state index < -0.39 is 18.2 Å². The molecule has 4 rings (SSSR count). The minimum absolute atomic E-state index is 0.181. The summed E-state index contributed by atoms with van der Waals surface area (Å²) < 4.78 is 13.3. The molecule has 0 aliphatic carbocycles. The Labute approximate surface area is 184 Å². The van der Waals surface area contributed by atoms with Gasteiger partial charge in [0, 0.05) is 28.9 Å². The van der Waals surface area contributed by atoms with Gasteiger partial charge in [0.2, 0.25) is 5.91 Å². The standard InChI is InChI=1S/C23H23ClFN3O3/c24-16-6-9-18-15(12-16)13-19(26-18)22(30)27-20(11-14-4-7-17(25)8-5-14)23(31)28-10-2-1-3-21(28)29/h4-9,12-13,20-21,26,29H,1-3,10-11H2,(H,27,30)/t20-,21?/m0/s1. The van der Waals surface area contributed by atoms with Gasteiger partial charge in [-0.15, -0.1) is 0 Å². The number of piperidine rings is 1. The van der Waals surface area contributed by atoms with Crippen LogP contribution in [0.4, 0.5) is 4.39 Å². The van der Waals surface area contributed by atoms with Crippen LogP contribution >= 0.6 is 11.6 Å². The van der Waals surface area contributed by atoms with E-state index in [0.717, 1.165) is 23.7 Å². The Kier molecular flexibility index (Phi) is 6.25. The van der Waals surface area contributed by atoms with Crippen LogP contribution in [0.25, 0.3) is 10.9 Å². The first-order chi connectivity index (χ1) is 14.9. The van der Waals surface area contributed by atoms with E-state index in [1.807, 2.05) is 0 Å². The van der Waals surface area contributed by atoms with Crippen LogP contribution < -0.4 is 5.32 Å². The molecule has 2 amide bonds. The van der Waals surface area contributed by atoms with Crippen LogP contribution in [0.2, 0.25) is 5.02 Å². The van der Waals surface area contributed by atoms with E-state index in [2.05, 4.69) is 10.3 Å². The van der Waals surface area contributed by atoms with Gasteiger partial charge < -0.3 is 20.3 Å². The Morgan fingerprint density at radius 3 is 2.71 bits per heavy atom. The summed E-state index contributed by atoms with van der Waals surface area (Å²) in [4.78, 5) is 30.6. The lowest BCUT2D eigenvalue weighted by Crippen LogP contribution is -2.54. The van der Waals surface area contributed by atoms with Crippen LogP contribution in [0, 0.1) is 5.82 Å². The topological polar surface area (TPSA) is 85.4 Å². The summed E-state index contributed by atoms with van der Waals surface area (Å²) in [5.41, 5.74) is 1.76. The highest BCUT2D eigenvalue weighted by Gasteiger charge is 2.32. The molecule has 1 aromatic heterocycles. The van der Waals surface area contributed by atoms with Crippen molar-refractivity contribution in [2.24, 2.45) is 0 Å². The molecule has 31 heavy (non-hydrogen) atoms. The minimum Gasteiger partial charge on any atom is -0.374 e. The molecule has 1 saturated heterocycles. The highest BCUT2D eigenvalue weighted by molar-refractivity contribution is 6.31. The monoisotopic (exact) mass is 443 g/mol. The number of likely N-dealkylation sites (tertiary alicyclic amines) is 1. The zero-order valence-electron chi connectivity index (χ0n) is 16.8. The number of rotatable bonds is 5. The van der Waals surface area contributed by atoms with Gasteiger partial charge in [-0.1, -0.05) is 23.7 Å². The molecular weight excluding hydrogens is 421 g/mol. The average Bonchev–Trinajstić information content (AvgIpc) is 3.18. The molecule has 1 unspecified atom stereocenters. The summed E-state index contributed by atoms with van der Waals surface area (Å²) >= 11 is 6.02. The molecule has 3 aromatic rings. The minimum atomic E-state index is -0.902. The molecule has 0 spiro atoms. The van der Waals surface area contributed by atoms with Crippen molar-refractivity contribution in [1.82, 2.24) is 15.2 Å². The zero-order chi connectivity index (χ0) is 22.0. The van der Waals surface area contributed by atoms with Gasteiger partial charge in [-0.2, -0.15) is 0 Å². The number of aromatic nitrogens is 1. The van der Waals surface area contributed by atoms with Gasteiger partial charge in [0.15, 0.2) is 0 Å². The lowest BCUT2D eigenvalue weighted by atomic mass is 10.0. The summed E-state index contributed by atoms with van der Waals surface area (Å²) in [7, 11) is 0. The van der Waals surface area contributed by atoms with Gasteiger partial charge in [-0.25, -0.2) is 4.39 Å². The Morgan fingerprint density at radius 2 is 1.97 bits per heavy atom. The lowest BCUT2D eigenvalue weighted by molar-refractivity contribution is -0.146. The number of fused-ring (bicyclic) bond motifs is 1. The predicted molar refractivity (Wildman–Crippen MR) is 116 cm³/mol. The SMILES string of the molecule is O=C(N[C@@H](Cc1ccc(F)cc1)C(=O)N1CCCCC1O)c1cc2cc(Cl)ccc2[nH]1. The second kappa shape index (κ2) is 9.08. The van der Waals surface area contributed by atoms with Gasteiger partial charge in [-0.3, -0.25) is 9.59 Å². The number of carbonyl (C=O) groups is 2. The van der Waals surface area contributed by atoms with E-state index in [9.17, 15) is 19.1 Å². The smallest absolute Gasteiger partial charge is 0.268 e. The molecule has 0 saturated carbocycles. The Balaban J connectivity index is 1.58. The Hall–Kier alpha value is -2.90. The first-order valence-electron chi connectivity index (χ1n) is 10.2. The van der Waals surface area contributed by atoms with Crippen LogP contribution in [0.5, 0.6) is 0 Å². The molecule has 1 fully saturated rings. The molecule has 2 aromatic carbocycles. The Bertz CT molecular complexity index is 1100. The number of H-pyrrole nitrogens is 1. The largest absolute Gasteiger partial charge is 0.374 e. The van der Waals surface area contributed by atoms with E-state index >= 15 is 0 Å². The van der Waals surface area contributed by atoms with E-state index in [-0.39, 0.29) is 18.1 Å². The van der Waals surface area contributed by atoms with Crippen molar-refractivity contribution in [1.29, 1.82) is 0 Å². The third-order valence-electron chi connectivity index (χ3n) is 5.54. The quantitative estimate of drug-likeness (QED) is 0.563. The van der Waals surface area contributed by atoms with Crippen molar-refractivity contribution in [3.05, 3.63) is 70.6 Å². The number of nitrogens with zero attached hydrogens (tertiary/aromatic N) is 1. The van der Waals surface area contributed by atoms with Gasteiger partial charge >= 0.3 is 0 Å². The fourth-order valence-corrected chi connectivity index (χ4v) is 4.07. The molecule has 0 radical (unpaired) electrons. The molecule has 6 nitrogen and oxygen atoms in total.